The van der Waals surface area contributed by atoms with Gasteiger partial charge in [-0.2, -0.15) is 0 Å². The molecule has 4 heteroatoms. The van der Waals surface area contributed by atoms with E-state index >= 15 is 0 Å². The van der Waals surface area contributed by atoms with Crippen molar-refractivity contribution in [1.82, 2.24) is 5.32 Å². The molecule has 1 N–H and O–H groups in total. The highest BCUT2D eigenvalue weighted by Gasteiger charge is 2.10. The number of halogens is 3. The zero-order chi connectivity index (χ0) is 13.4. The number of rotatable bonds is 8. The molecule has 0 unspecified atom stereocenters. The Balaban J connectivity index is 2.27. The van der Waals surface area contributed by atoms with E-state index in [1.807, 2.05) is 0 Å². The Morgan fingerprint density at radius 3 is 2.17 bits per heavy atom. The first-order valence-corrected chi connectivity index (χ1v) is 6.49. The van der Waals surface area contributed by atoms with Crippen molar-refractivity contribution in [3.8, 4) is 0 Å². The SMILES string of the molecule is CCNCCCCCCc1c(F)cc(F)cc1F. The number of hydrogen-bond donors (Lipinski definition) is 1. The smallest absolute Gasteiger partial charge is 0.132 e. The topological polar surface area (TPSA) is 12.0 Å². The highest BCUT2D eigenvalue weighted by Crippen LogP contribution is 2.17. The number of hydrogen-bond acceptors (Lipinski definition) is 1. The van der Waals surface area contributed by atoms with Crippen LogP contribution >= 0.6 is 0 Å². The second kappa shape index (κ2) is 8.14. The van der Waals surface area contributed by atoms with Crippen LogP contribution in [0.15, 0.2) is 12.1 Å². The van der Waals surface area contributed by atoms with Gasteiger partial charge < -0.3 is 5.32 Å². The molecule has 0 aliphatic rings. The summed E-state index contributed by atoms with van der Waals surface area (Å²) in [5.41, 5.74) is 0.00285. The minimum absolute atomic E-state index is 0.00285. The lowest BCUT2D eigenvalue weighted by atomic mass is 10.0. The van der Waals surface area contributed by atoms with Gasteiger partial charge in [-0.1, -0.05) is 19.8 Å². The van der Waals surface area contributed by atoms with Crippen molar-refractivity contribution in [2.45, 2.75) is 39.0 Å². The fraction of sp³-hybridized carbons (Fsp3) is 0.571. The number of benzene rings is 1. The molecule has 0 aromatic heterocycles. The van der Waals surface area contributed by atoms with Crippen LogP contribution in [0.25, 0.3) is 0 Å². The van der Waals surface area contributed by atoms with Crippen LogP contribution in [0.1, 0.15) is 38.2 Å². The molecule has 1 aromatic rings. The molecule has 0 spiro atoms. The molecule has 18 heavy (non-hydrogen) atoms. The van der Waals surface area contributed by atoms with Gasteiger partial charge in [0.25, 0.3) is 0 Å². The lowest BCUT2D eigenvalue weighted by molar-refractivity contribution is 0.514. The fourth-order valence-electron chi connectivity index (χ4n) is 1.89. The van der Waals surface area contributed by atoms with Crippen LogP contribution in [0, 0.1) is 17.5 Å². The first-order valence-electron chi connectivity index (χ1n) is 6.49. The standard InChI is InChI=1S/C14H20F3N/c1-2-18-8-6-4-3-5-7-12-13(16)9-11(15)10-14(12)17/h9-10,18H,2-8H2,1H3. The second-order valence-corrected chi connectivity index (χ2v) is 4.37. The van der Waals surface area contributed by atoms with Crippen LogP contribution in [-0.2, 0) is 6.42 Å². The Kier molecular flexibility index (Phi) is 6.80. The van der Waals surface area contributed by atoms with Crippen LogP contribution < -0.4 is 5.32 Å². The third-order valence-corrected chi connectivity index (χ3v) is 2.89. The predicted molar refractivity (Wildman–Crippen MR) is 67.0 cm³/mol. The van der Waals surface area contributed by atoms with Crippen LogP contribution in [0.5, 0.6) is 0 Å². The van der Waals surface area contributed by atoms with E-state index in [0.29, 0.717) is 6.42 Å². The summed E-state index contributed by atoms with van der Waals surface area (Å²) in [6.07, 6.45) is 4.10. The molecule has 0 saturated heterocycles. The monoisotopic (exact) mass is 259 g/mol. The third-order valence-electron chi connectivity index (χ3n) is 2.89. The van der Waals surface area contributed by atoms with Gasteiger partial charge in [0.15, 0.2) is 0 Å². The van der Waals surface area contributed by atoms with Gasteiger partial charge in [0.2, 0.25) is 0 Å². The van der Waals surface area contributed by atoms with Crippen molar-refractivity contribution >= 4 is 0 Å². The zero-order valence-electron chi connectivity index (χ0n) is 10.7. The Morgan fingerprint density at radius 1 is 0.944 bits per heavy atom. The first kappa shape index (κ1) is 15.0. The molecule has 1 aromatic carbocycles. The van der Waals surface area contributed by atoms with Crippen molar-refractivity contribution in [3.05, 3.63) is 35.1 Å². The minimum Gasteiger partial charge on any atom is -0.317 e. The Hall–Kier alpha value is -1.03. The highest BCUT2D eigenvalue weighted by atomic mass is 19.1. The second-order valence-electron chi connectivity index (χ2n) is 4.37. The van der Waals surface area contributed by atoms with E-state index in [1.54, 1.807) is 0 Å². The normalized spacial score (nSPS) is 10.9. The van der Waals surface area contributed by atoms with Gasteiger partial charge in [-0.3, -0.25) is 0 Å². The third kappa shape index (κ3) is 5.08. The van der Waals surface area contributed by atoms with Crippen molar-refractivity contribution in [3.63, 3.8) is 0 Å². The molecular weight excluding hydrogens is 239 g/mol. The largest absolute Gasteiger partial charge is 0.317 e. The van der Waals surface area contributed by atoms with Crippen LogP contribution in [0.3, 0.4) is 0 Å². The summed E-state index contributed by atoms with van der Waals surface area (Å²) >= 11 is 0. The molecule has 0 aliphatic carbocycles. The summed E-state index contributed by atoms with van der Waals surface area (Å²) in [4.78, 5) is 0. The van der Waals surface area contributed by atoms with E-state index < -0.39 is 17.5 Å². The number of unbranched alkanes of at least 4 members (excludes halogenated alkanes) is 3. The summed E-state index contributed by atoms with van der Waals surface area (Å²) in [5, 5.41) is 3.22. The molecule has 0 atom stereocenters. The summed E-state index contributed by atoms with van der Waals surface area (Å²) in [7, 11) is 0. The average Bonchev–Trinajstić information content (AvgIpc) is 2.30. The molecule has 0 saturated carbocycles. The minimum atomic E-state index is -0.862. The van der Waals surface area contributed by atoms with Gasteiger partial charge in [-0.05, 0) is 32.4 Å². The summed E-state index contributed by atoms with van der Waals surface area (Å²) in [5.74, 6) is -2.42. The lowest BCUT2D eigenvalue weighted by Crippen LogP contribution is -2.13. The lowest BCUT2D eigenvalue weighted by Gasteiger charge is -2.05. The first-order chi connectivity index (χ1) is 8.65. The molecule has 0 aliphatic heterocycles. The maximum absolute atomic E-state index is 13.3. The Labute approximate surface area is 106 Å². The number of nitrogens with one attached hydrogen (secondary N) is 1. The van der Waals surface area contributed by atoms with Gasteiger partial charge in [0.1, 0.15) is 17.5 Å². The van der Waals surface area contributed by atoms with Crippen molar-refractivity contribution in [2.24, 2.45) is 0 Å². The average molecular weight is 259 g/mol. The molecular formula is C14H20F3N. The molecule has 0 amide bonds. The quantitative estimate of drug-likeness (QED) is 0.700. The van der Waals surface area contributed by atoms with Gasteiger partial charge in [0, 0.05) is 17.7 Å². The van der Waals surface area contributed by atoms with Gasteiger partial charge >= 0.3 is 0 Å². The van der Waals surface area contributed by atoms with Crippen LogP contribution in [0.4, 0.5) is 13.2 Å². The van der Waals surface area contributed by atoms with E-state index in [2.05, 4.69) is 12.2 Å². The van der Waals surface area contributed by atoms with E-state index in [1.165, 1.54) is 0 Å². The molecule has 1 nitrogen and oxygen atoms in total. The van der Waals surface area contributed by atoms with Crippen LogP contribution in [-0.4, -0.2) is 13.1 Å². The van der Waals surface area contributed by atoms with Gasteiger partial charge in [-0.15, -0.1) is 0 Å². The van der Waals surface area contributed by atoms with Crippen molar-refractivity contribution < 1.29 is 13.2 Å². The molecule has 0 fully saturated rings. The molecule has 0 bridgehead atoms. The van der Waals surface area contributed by atoms with Gasteiger partial charge in [-0.25, -0.2) is 13.2 Å². The Morgan fingerprint density at radius 2 is 1.56 bits per heavy atom. The van der Waals surface area contributed by atoms with Crippen molar-refractivity contribution in [1.29, 1.82) is 0 Å². The van der Waals surface area contributed by atoms with Gasteiger partial charge in [0.05, 0.1) is 0 Å². The van der Waals surface area contributed by atoms with Crippen molar-refractivity contribution in [2.75, 3.05) is 13.1 Å². The summed E-state index contributed by atoms with van der Waals surface area (Å²) in [6, 6.07) is 1.48. The van der Waals surface area contributed by atoms with E-state index in [4.69, 9.17) is 0 Å². The van der Waals surface area contributed by atoms with E-state index in [0.717, 1.165) is 50.9 Å². The summed E-state index contributed by atoms with van der Waals surface area (Å²) in [6.45, 7) is 4.00. The Bertz CT molecular complexity index is 343. The zero-order valence-corrected chi connectivity index (χ0v) is 10.7. The molecule has 0 heterocycles. The fourth-order valence-corrected chi connectivity index (χ4v) is 1.89. The molecule has 0 radical (unpaired) electrons. The molecule has 1 rings (SSSR count). The maximum Gasteiger partial charge on any atom is 0.132 e. The van der Waals surface area contributed by atoms with E-state index in [9.17, 15) is 13.2 Å². The molecule has 102 valence electrons. The van der Waals surface area contributed by atoms with E-state index in [-0.39, 0.29) is 5.56 Å². The highest BCUT2D eigenvalue weighted by molar-refractivity contribution is 5.20. The van der Waals surface area contributed by atoms with Crippen LogP contribution in [0.2, 0.25) is 0 Å². The predicted octanol–water partition coefficient (Wildman–Crippen LogP) is 3.82. The summed E-state index contributed by atoms with van der Waals surface area (Å²) < 4.78 is 39.3. The maximum atomic E-state index is 13.3.